The molecule has 1 aromatic rings. The Balaban J connectivity index is 2.10. The average molecular weight is 368 g/mol. The molecule has 6 nitrogen and oxygen atoms in total. The zero-order chi connectivity index (χ0) is 18.3. The van der Waals surface area contributed by atoms with Crippen LogP contribution in [0.3, 0.4) is 0 Å². The number of unbranched alkanes of at least 4 members (excludes halogenated alkanes) is 3. The molecule has 1 saturated heterocycles. The maximum absolute atomic E-state index is 12.9. The van der Waals surface area contributed by atoms with Gasteiger partial charge in [0.05, 0.1) is 18.1 Å². The summed E-state index contributed by atoms with van der Waals surface area (Å²) in [6.45, 7) is 5.98. The molecule has 25 heavy (non-hydrogen) atoms. The lowest BCUT2D eigenvalue weighted by Gasteiger charge is -2.26. The number of hydrogen-bond donors (Lipinski definition) is 1. The molecule has 0 aromatic heterocycles. The van der Waals surface area contributed by atoms with Gasteiger partial charge in [0.1, 0.15) is 0 Å². The first-order valence-corrected chi connectivity index (χ1v) is 10.4. The van der Waals surface area contributed by atoms with Crippen molar-refractivity contribution in [2.24, 2.45) is 0 Å². The van der Waals surface area contributed by atoms with Crippen molar-refractivity contribution < 1.29 is 17.9 Å². The van der Waals surface area contributed by atoms with Gasteiger partial charge < -0.3 is 10.1 Å². The Bertz CT molecular complexity index is 682. The number of carbonyl (C=O) groups excluding carboxylic acids is 1. The van der Waals surface area contributed by atoms with E-state index in [0.717, 1.165) is 25.7 Å². The van der Waals surface area contributed by atoms with Crippen LogP contribution < -0.4 is 5.32 Å². The van der Waals surface area contributed by atoms with E-state index in [1.54, 1.807) is 19.1 Å². The van der Waals surface area contributed by atoms with Crippen molar-refractivity contribution in [1.82, 2.24) is 9.62 Å². The molecule has 0 atom stereocenters. The minimum atomic E-state index is -3.61. The van der Waals surface area contributed by atoms with Gasteiger partial charge >= 0.3 is 0 Å². The largest absolute Gasteiger partial charge is 0.379 e. The molecule has 1 N–H and O–H groups in total. The number of aryl methyl sites for hydroxylation is 1. The predicted octanol–water partition coefficient (Wildman–Crippen LogP) is 2.33. The molecule has 0 saturated carbocycles. The second-order valence-electron chi connectivity index (χ2n) is 6.31. The molecule has 140 valence electrons. The average Bonchev–Trinajstić information content (AvgIpc) is 2.62. The Morgan fingerprint density at radius 2 is 1.92 bits per heavy atom. The highest BCUT2D eigenvalue weighted by Gasteiger charge is 2.28. The van der Waals surface area contributed by atoms with Crippen LogP contribution in [0, 0.1) is 6.92 Å². The highest BCUT2D eigenvalue weighted by atomic mass is 32.2. The fourth-order valence-electron chi connectivity index (χ4n) is 2.80. The summed E-state index contributed by atoms with van der Waals surface area (Å²) in [6, 6.07) is 4.86. The second-order valence-corrected chi connectivity index (χ2v) is 8.22. The van der Waals surface area contributed by atoms with E-state index < -0.39 is 10.0 Å². The van der Waals surface area contributed by atoms with Crippen molar-refractivity contribution in [3.63, 3.8) is 0 Å². The van der Waals surface area contributed by atoms with Crippen LogP contribution in [-0.2, 0) is 14.8 Å². The summed E-state index contributed by atoms with van der Waals surface area (Å²) in [5.41, 5.74) is 1.03. The molecular weight excluding hydrogens is 340 g/mol. The Morgan fingerprint density at radius 3 is 2.60 bits per heavy atom. The summed E-state index contributed by atoms with van der Waals surface area (Å²) in [5, 5.41) is 2.87. The van der Waals surface area contributed by atoms with Crippen molar-refractivity contribution >= 4 is 15.9 Å². The number of hydrogen-bond acceptors (Lipinski definition) is 4. The summed E-state index contributed by atoms with van der Waals surface area (Å²) >= 11 is 0. The van der Waals surface area contributed by atoms with Gasteiger partial charge in [-0.25, -0.2) is 8.42 Å². The summed E-state index contributed by atoms with van der Waals surface area (Å²) < 4.78 is 32.4. The molecular formula is C18H28N2O4S. The van der Waals surface area contributed by atoms with Crippen LogP contribution >= 0.6 is 0 Å². The van der Waals surface area contributed by atoms with Crippen molar-refractivity contribution in [2.75, 3.05) is 32.8 Å². The number of morpholine rings is 1. The lowest BCUT2D eigenvalue weighted by Crippen LogP contribution is -2.41. The Labute approximate surface area is 150 Å². The topological polar surface area (TPSA) is 75.7 Å². The Morgan fingerprint density at radius 1 is 1.20 bits per heavy atom. The van der Waals surface area contributed by atoms with Gasteiger partial charge in [-0.3, -0.25) is 4.79 Å². The van der Waals surface area contributed by atoms with E-state index in [-0.39, 0.29) is 10.8 Å². The summed E-state index contributed by atoms with van der Waals surface area (Å²) in [6.07, 6.45) is 4.32. The third kappa shape index (κ3) is 5.26. The fourth-order valence-corrected chi connectivity index (χ4v) is 4.46. The maximum Gasteiger partial charge on any atom is 0.251 e. The first kappa shape index (κ1) is 19.9. The number of sulfonamides is 1. The van der Waals surface area contributed by atoms with Gasteiger partial charge in [-0.1, -0.05) is 32.3 Å². The Hall–Kier alpha value is -1.44. The van der Waals surface area contributed by atoms with E-state index in [0.29, 0.717) is 44.0 Å². The first-order chi connectivity index (χ1) is 12.0. The molecule has 1 heterocycles. The summed E-state index contributed by atoms with van der Waals surface area (Å²) in [7, 11) is -3.61. The van der Waals surface area contributed by atoms with Gasteiger partial charge in [-0.15, -0.1) is 0 Å². The number of nitrogens with zero attached hydrogens (tertiary/aromatic N) is 1. The lowest BCUT2D eigenvalue weighted by molar-refractivity contribution is 0.0730. The molecule has 0 aliphatic carbocycles. The lowest BCUT2D eigenvalue weighted by atomic mass is 10.1. The zero-order valence-electron chi connectivity index (χ0n) is 15.1. The summed E-state index contributed by atoms with van der Waals surface area (Å²) in [5.74, 6) is -0.227. The van der Waals surface area contributed by atoms with E-state index in [1.165, 1.54) is 10.4 Å². The monoisotopic (exact) mass is 368 g/mol. The van der Waals surface area contributed by atoms with Gasteiger partial charge in [-0.05, 0) is 31.0 Å². The normalized spacial score (nSPS) is 15.9. The molecule has 0 radical (unpaired) electrons. The molecule has 1 amide bonds. The van der Waals surface area contributed by atoms with Crippen LogP contribution in [0.4, 0.5) is 0 Å². The molecule has 1 aliphatic heterocycles. The van der Waals surface area contributed by atoms with E-state index in [2.05, 4.69) is 12.2 Å². The maximum atomic E-state index is 12.9. The van der Waals surface area contributed by atoms with Gasteiger partial charge in [-0.2, -0.15) is 4.31 Å². The van der Waals surface area contributed by atoms with Crippen LogP contribution in [-0.4, -0.2) is 51.5 Å². The third-order valence-corrected chi connectivity index (χ3v) is 6.39. The number of benzene rings is 1. The fraction of sp³-hybridized carbons (Fsp3) is 0.611. The second kappa shape index (κ2) is 9.31. The van der Waals surface area contributed by atoms with Crippen molar-refractivity contribution in [3.8, 4) is 0 Å². The third-order valence-electron chi connectivity index (χ3n) is 4.35. The quantitative estimate of drug-likeness (QED) is 0.715. The molecule has 0 spiro atoms. The molecule has 1 fully saturated rings. The van der Waals surface area contributed by atoms with E-state index in [9.17, 15) is 13.2 Å². The minimum Gasteiger partial charge on any atom is -0.379 e. The van der Waals surface area contributed by atoms with Crippen molar-refractivity contribution in [1.29, 1.82) is 0 Å². The molecule has 7 heteroatoms. The minimum absolute atomic E-state index is 0.202. The van der Waals surface area contributed by atoms with E-state index in [4.69, 9.17) is 4.74 Å². The molecule has 0 unspecified atom stereocenters. The first-order valence-electron chi connectivity index (χ1n) is 8.93. The molecule has 2 rings (SSSR count). The van der Waals surface area contributed by atoms with E-state index in [1.807, 2.05) is 0 Å². The number of carbonyl (C=O) groups is 1. The number of rotatable bonds is 8. The highest BCUT2D eigenvalue weighted by molar-refractivity contribution is 7.89. The van der Waals surface area contributed by atoms with Gasteiger partial charge in [0.25, 0.3) is 5.91 Å². The van der Waals surface area contributed by atoms with Crippen LogP contribution in [0.5, 0.6) is 0 Å². The van der Waals surface area contributed by atoms with E-state index >= 15 is 0 Å². The predicted molar refractivity (Wildman–Crippen MR) is 97.2 cm³/mol. The van der Waals surface area contributed by atoms with Gasteiger partial charge in [0.15, 0.2) is 0 Å². The standard InChI is InChI=1S/C18H28N2O4S/c1-3-4-5-6-9-19-18(21)16-8-7-15(2)17(14-16)25(22,23)20-10-12-24-13-11-20/h7-8,14H,3-6,9-13H2,1-2H3,(H,19,21). The Kier molecular flexibility index (Phi) is 7.40. The smallest absolute Gasteiger partial charge is 0.251 e. The number of amides is 1. The van der Waals surface area contributed by atoms with Crippen LogP contribution in [0.15, 0.2) is 23.1 Å². The van der Waals surface area contributed by atoms with Crippen molar-refractivity contribution in [3.05, 3.63) is 29.3 Å². The van der Waals surface area contributed by atoms with Crippen LogP contribution in [0.2, 0.25) is 0 Å². The molecule has 1 aromatic carbocycles. The van der Waals surface area contributed by atoms with Crippen molar-refractivity contribution in [2.45, 2.75) is 44.4 Å². The summed E-state index contributed by atoms with van der Waals surface area (Å²) in [4.78, 5) is 12.5. The SMILES string of the molecule is CCCCCCNC(=O)c1ccc(C)c(S(=O)(=O)N2CCOCC2)c1. The highest BCUT2D eigenvalue weighted by Crippen LogP contribution is 2.22. The van der Waals surface area contributed by atoms with Crippen LogP contribution in [0.25, 0.3) is 0 Å². The molecule has 0 bridgehead atoms. The van der Waals surface area contributed by atoms with Gasteiger partial charge in [0.2, 0.25) is 10.0 Å². The van der Waals surface area contributed by atoms with Crippen LogP contribution in [0.1, 0.15) is 48.5 Å². The van der Waals surface area contributed by atoms with Gasteiger partial charge in [0, 0.05) is 25.2 Å². The zero-order valence-corrected chi connectivity index (χ0v) is 15.9. The molecule has 1 aliphatic rings. The number of nitrogens with one attached hydrogen (secondary N) is 1. The number of ether oxygens (including phenoxy) is 1.